The van der Waals surface area contributed by atoms with Gasteiger partial charge in [-0.15, -0.1) is 0 Å². The van der Waals surface area contributed by atoms with E-state index >= 15 is 0 Å². The number of benzene rings is 2. The van der Waals surface area contributed by atoms with Crippen LogP contribution in [0, 0.1) is 6.92 Å². The van der Waals surface area contributed by atoms with Crippen molar-refractivity contribution >= 4 is 22.8 Å². The summed E-state index contributed by atoms with van der Waals surface area (Å²) in [6, 6.07) is 12.9. The van der Waals surface area contributed by atoms with Crippen LogP contribution in [0.2, 0.25) is 0 Å². The first kappa shape index (κ1) is 14.0. The lowest BCUT2D eigenvalue weighted by atomic mass is 10.0. The number of fused-ring (bicyclic) bond motifs is 1. The number of rotatable bonds is 4. The van der Waals surface area contributed by atoms with Gasteiger partial charge in [-0.25, -0.2) is 0 Å². The van der Waals surface area contributed by atoms with E-state index in [1.807, 2.05) is 37.3 Å². The van der Waals surface area contributed by atoms with Crippen LogP contribution in [0.15, 0.2) is 47.5 Å². The zero-order valence-corrected chi connectivity index (χ0v) is 12.1. The summed E-state index contributed by atoms with van der Waals surface area (Å²) < 4.78 is 0. The molecule has 0 radical (unpaired) electrons. The molecule has 0 saturated carbocycles. The largest absolute Gasteiger partial charge is 0.507 e. The van der Waals surface area contributed by atoms with E-state index in [1.54, 1.807) is 12.1 Å². The third-order valence-electron chi connectivity index (χ3n) is 3.39. The van der Waals surface area contributed by atoms with E-state index < -0.39 is 0 Å². The van der Waals surface area contributed by atoms with Gasteiger partial charge in [-0.2, -0.15) is 5.10 Å². The van der Waals surface area contributed by atoms with Crippen molar-refractivity contribution in [3.05, 3.63) is 59.4 Å². The maximum atomic E-state index is 11.9. The first-order valence-electron chi connectivity index (χ1n) is 6.91. The summed E-state index contributed by atoms with van der Waals surface area (Å²) in [7, 11) is 0. The van der Waals surface area contributed by atoms with Crippen LogP contribution in [0.3, 0.4) is 0 Å². The van der Waals surface area contributed by atoms with E-state index in [4.69, 9.17) is 0 Å². The second-order valence-corrected chi connectivity index (χ2v) is 5.05. The van der Waals surface area contributed by atoms with Crippen LogP contribution < -0.4 is 0 Å². The summed E-state index contributed by atoms with van der Waals surface area (Å²) in [5, 5.41) is 18.5. The number of carbonyl (C=O) groups excluding carboxylic acids is 1. The molecule has 0 fully saturated rings. The number of phenols is 1. The highest BCUT2D eigenvalue weighted by Crippen LogP contribution is 2.25. The van der Waals surface area contributed by atoms with Gasteiger partial charge in [-0.05, 0) is 29.8 Å². The molecule has 2 aromatic carbocycles. The molecule has 2 N–H and O–H groups in total. The number of hydrogen-bond donors (Lipinski definition) is 2. The van der Waals surface area contributed by atoms with Crippen molar-refractivity contribution < 1.29 is 9.90 Å². The van der Waals surface area contributed by atoms with Crippen LogP contribution in [-0.4, -0.2) is 33.8 Å². The Hall–Kier alpha value is -2.95. The molecule has 0 aliphatic heterocycles. The van der Waals surface area contributed by atoms with Crippen molar-refractivity contribution in [1.29, 1.82) is 0 Å². The summed E-state index contributed by atoms with van der Waals surface area (Å²) in [4.78, 5) is 16.1. The second-order valence-electron chi connectivity index (χ2n) is 5.05. The van der Waals surface area contributed by atoms with Crippen molar-refractivity contribution in [1.82, 2.24) is 10.2 Å². The smallest absolute Gasteiger partial charge is 0.204 e. The number of aliphatic imine (C=N–C) groups is 1. The lowest BCUT2D eigenvalue weighted by Gasteiger charge is -2.04. The van der Waals surface area contributed by atoms with Gasteiger partial charge in [0.2, 0.25) is 5.78 Å². The molecule has 0 unspecified atom stereocenters. The van der Waals surface area contributed by atoms with Gasteiger partial charge < -0.3 is 5.11 Å². The monoisotopic (exact) mass is 293 g/mol. The fraction of sp³-hybridized carbons (Fsp3) is 0.118. The predicted octanol–water partition coefficient (Wildman–Crippen LogP) is 2.88. The highest BCUT2D eigenvalue weighted by atomic mass is 16.3. The molecule has 0 spiro atoms. The number of aromatic hydroxyl groups is 1. The molecule has 5 heteroatoms. The van der Waals surface area contributed by atoms with Crippen LogP contribution in [0.25, 0.3) is 10.8 Å². The number of carbonyl (C=O) groups is 1. The van der Waals surface area contributed by atoms with Crippen LogP contribution in [-0.2, 0) is 0 Å². The molecule has 110 valence electrons. The highest BCUT2D eigenvalue weighted by molar-refractivity contribution is 6.03. The number of nitrogens with zero attached hydrogens (tertiary/aromatic N) is 2. The first-order chi connectivity index (χ1) is 10.6. The van der Waals surface area contributed by atoms with Gasteiger partial charge in [-0.3, -0.25) is 14.9 Å². The van der Waals surface area contributed by atoms with Gasteiger partial charge in [0.15, 0.2) is 0 Å². The number of Topliss-reactive ketones (excluding diaryl/α,β-unsaturated/α-hetero) is 1. The predicted molar refractivity (Wildman–Crippen MR) is 85.7 cm³/mol. The molecule has 0 amide bonds. The standard InChI is InChI=1S/C17H15N3O2/c1-11-8-15(20-19-11)17(22)10-18-9-14-13-5-3-2-4-12(13)6-7-16(14)21/h2-9,21H,10H2,1H3,(H,19,20). The Morgan fingerprint density at radius 2 is 2.14 bits per heavy atom. The van der Waals surface area contributed by atoms with Crippen LogP contribution in [0.5, 0.6) is 5.75 Å². The molecular formula is C17H15N3O2. The maximum Gasteiger partial charge on any atom is 0.204 e. The number of phenolic OH excluding ortho intramolecular Hbond substituents is 1. The topological polar surface area (TPSA) is 78.3 Å². The maximum absolute atomic E-state index is 11.9. The van der Waals surface area contributed by atoms with Crippen molar-refractivity contribution in [3.63, 3.8) is 0 Å². The Morgan fingerprint density at radius 3 is 2.91 bits per heavy atom. The minimum atomic E-state index is -0.166. The Morgan fingerprint density at radius 1 is 1.32 bits per heavy atom. The molecule has 0 bridgehead atoms. The molecule has 1 heterocycles. The Balaban J connectivity index is 1.84. The fourth-order valence-electron chi connectivity index (χ4n) is 2.28. The Bertz CT molecular complexity index is 865. The third kappa shape index (κ3) is 2.74. The Labute approximate surface area is 127 Å². The van der Waals surface area contributed by atoms with Crippen LogP contribution in [0.4, 0.5) is 0 Å². The number of aromatic nitrogens is 2. The zero-order valence-electron chi connectivity index (χ0n) is 12.1. The van der Waals surface area contributed by atoms with E-state index in [9.17, 15) is 9.90 Å². The lowest BCUT2D eigenvalue weighted by Crippen LogP contribution is -2.04. The minimum absolute atomic E-state index is 0.00699. The summed E-state index contributed by atoms with van der Waals surface area (Å²) in [5.74, 6) is -0.0224. The van der Waals surface area contributed by atoms with Crippen molar-refractivity contribution in [2.75, 3.05) is 6.54 Å². The molecule has 5 nitrogen and oxygen atoms in total. The van der Waals surface area contributed by atoms with Gasteiger partial charge in [0.1, 0.15) is 18.0 Å². The van der Waals surface area contributed by atoms with Crippen molar-refractivity contribution in [3.8, 4) is 5.75 Å². The minimum Gasteiger partial charge on any atom is -0.507 e. The molecular weight excluding hydrogens is 278 g/mol. The van der Waals surface area contributed by atoms with Gasteiger partial charge in [0.05, 0.1) is 0 Å². The Kier molecular flexibility index (Phi) is 3.70. The van der Waals surface area contributed by atoms with E-state index in [2.05, 4.69) is 15.2 Å². The van der Waals surface area contributed by atoms with E-state index in [0.29, 0.717) is 11.3 Å². The fourth-order valence-corrected chi connectivity index (χ4v) is 2.28. The molecule has 0 atom stereocenters. The van der Waals surface area contributed by atoms with E-state index in [-0.39, 0.29) is 18.1 Å². The average molecular weight is 293 g/mol. The average Bonchev–Trinajstić information content (AvgIpc) is 2.96. The molecule has 22 heavy (non-hydrogen) atoms. The number of ketones is 1. The van der Waals surface area contributed by atoms with Gasteiger partial charge in [-0.1, -0.05) is 30.3 Å². The van der Waals surface area contributed by atoms with E-state index in [1.165, 1.54) is 6.21 Å². The number of hydrogen-bond acceptors (Lipinski definition) is 4. The number of nitrogens with one attached hydrogen (secondary N) is 1. The van der Waals surface area contributed by atoms with Crippen LogP contribution in [0.1, 0.15) is 21.7 Å². The molecule has 3 aromatic rings. The summed E-state index contributed by atoms with van der Waals surface area (Å²) >= 11 is 0. The zero-order chi connectivity index (χ0) is 15.5. The number of aryl methyl sites for hydroxylation is 1. The summed E-state index contributed by atoms with van der Waals surface area (Å²) in [5.41, 5.74) is 1.82. The quantitative estimate of drug-likeness (QED) is 0.573. The van der Waals surface area contributed by atoms with Gasteiger partial charge in [0, 0.05) is 17.5 Å². The van der Waals surface area contributed by atoms with Gasteiger partial charge in [0.25, 0.3) is 0 Å². The van der Waals surface area contributed by atoms with Crippen LogP contribution >= 0.6 is 0 Å². The number of aromatic amines is 1. The summed E-state index contributed by atoms with van der Waals surface area (Å²) in [6.45, 7) is 1.83. The highest BCUT2D eigenvalue weighted by Gasteiger charge is 2.08. The molecule has 0 aliphatic rings. The normalized spacial score (nSPS) is 11.3. The van der Waals surface area contributed by atoms with E-state index in [0.717, 1.165) is 16.5 Å². The molecule has 3 rings (SSSR count). The molecule has 0 saturated heterocycles. The molecule has 1 aromatic heterocycles. The SMILES string of the molecule is Cc1cc(C(=O)CN=Cc2c(O)ccc3ccccc23)n[nH]1. The second kappa shape index (κ2) is 5.81. The van der Waals surface area contributed by atoms with Crippen molar-refractivity contribution in [2.24, 2.45) is 4.99 Å². The number of H-pyrrole nitrogens is 1. The first-order valence-corrected chi connectivity index (χ1v) is 6.91. The summed E-state index contributed by atoms with van der Waals surface area (Å²) in [6.07, 6.45) is 1.54. The molecule has 0 aliphatic carbocycles. The van der Waals surface area contributed by atoms with Crippen molar-refractivity contribution in [2.45, 2.75) is 6.92 Å². The lowest BCUT2D eigenvalue weighted by molar-refractivity contribution is 0.0997. The van der Waals surface area contributed by atoms with Gasteiger partial charge >= 0.3 is 0 Å². The third-order valence-corrected chi connectivity index (χ3v) is 3.39.